The summed E-state index contributed by atoms with van der Waals surface area (Å²) in [5.74, 6) is 1.11. The van der Waals surface area contributed by atoms with Crippen LogP contribution in [-0.2, 0) is 0 Å². The minimum Gasteiger partial charge on any atom is -0.333 e. The molecule has 0 saturated carbocycles. The monoisotopic (exact) mass is 838 g/mol. The van der Waals surface area contributed by atoms with Crippen molar-refractivity contribution in [2.45, 2.75) is 18.9 Å². The number of benzene rings is 7. The Morgan fingerprint density at radius 2 is 1.28 bits per heavy atom. The van der Waals surface area contributed by atoms with Crippen molar-refractivity contribution < 1.29 is 0 Å². The minimum atomic E-state index is 0.164. The van der Waals surface area contributed by atoms with Crippen molar-refractivity contribution in [1.29, 1.82) is 0 Å². The van der Waals surface area contributed by atoms with Crippen molar-refractivity contribution in [1.82, 2.24) is 9.55 Å². The third-order valence-electron chi connectivity index (χ3n) is 12.9. The first-order valence-corrected chi connectivity index (χ1v) is 22.7. The summed E-state index contributed by atoms with van der Waals surface area (Å²) >= 11 is 1.76. The fourth-order valence-electron chi connectivity index (χ4n) is 9.95. The largest absolute Gasteiger partial charge is 0.333 e. The van der Waals surface area contributed by atoms with Gasteiger partial charge in [-0.15, -0.1) is 11.3 Å². The van der Waals surface area contributed by atoms with Crippen LogP contribution in [0.5, 0.6) is 0 Å². The fraction of sp³-hybridized carbons (Fsp3) is 0.0508. The molecule has 2 unspecified atom stereocenters. The maximum absolute atomic E-state index is 5.39. The van der Waals surface area contributed by atoms with E-state index in [1.54, 1.807) is 11.3 Å². The van der Waals surface area contributed by atoms with Crippen molar-refractivity contribution in [2.24, 2.45) is 4.99 Å². The molecule has 64 heavy (non-hydrogen) atoms. The molecule has 4 nitrogen and oxygen atoms in total. The molecule has 5 heteroatoms. The van der Waals surface area contributed by atoms with E-state index in [0.717, 1.165) is 55.2 Å². The van der Waals surface area contributed by atoms with Gasteiger partial charge in [0.1, 0.15) is 5.82 Å². The predicted octanol–water partition coefficient (Wildman–Crippen LogP) is 16.2. The highest BCUT2D eigenvalue weighted by Crippen LogP contribution is 2.50. The maximum atomic E-state index is 5.39. The Kier molecular flexibility index (Phi) is 9.17. The molecule has 0 fully saturated rings. The minimum absolute atomic E-state index is 0.164. The Morgan fingerprint density at radius 1 is 0.578 bits per heavy atom. The van der Waals surface area contributed by atoms with Crippen LogP contribution in [0.3, 0.4) is 0 Å². The van der Waals surface area contributed by atoms with Crippen LogP contribution in [0.15, 0.2) is 211 Å². The highest BCUT2D eigenvalue weighted by molar-refractivity contribution is 7.20. The van der Waals surface area contributed by atoms with Crippen molar-refractivity contribution in [3.8, 4) is 50.5 Å². The summed E-state index contributed by atoms with van der Waals surface area (Å²) in [6, 6.07) is 64.1. The van der Waals surface area contributed by atoms with Gasteiger partial charge in [-0.25, -0.2) is 4.98 Å². The lowest BCUT2D eigenvalue weighted by molar-refractivity contribution is 0.745. The van der Waals surface area contributed by atoms with Gasteiger partial charge < -0.3 is 4.90 Å². The smallest absolute Gasteiger partial charge is 0.138 e. The number of rotatable bonds is 8. The zero-order valence-electron chi connectivity index (χ0n) is 35.3. The number of hydrogen-bond donors (Lipinski definition) is 0. The lowest BCUT2D eigenvalue weighted by Crippen LogP contribution is -2.28. The topological polar surface area (TPSA) is 33.4 Å². The van der Waals surface area contributed by atoms with Gasteiger partial charge in [-0.2, -0.15) is 0 Å². The second-order valence-electron chi connectivity index (χ2n) is 16.6. The second kappa shape index (κ2) is 15.5. The molecule has 1 aliphatic carbocycles. The van der Waals surface area contributed by atoms with Crippen molar-refractivity contribution in [3.05, 3.63) is 217 Å². The summed E-state index contributed by atoms with van der Waals surface area (Å²) in [6.07, 6.45) is 13.3. The van der Waals surface area contributed by atoms with Crippen molar-refractivity contribution in [3.63, 3.8) is 0 Å². The summed E-state index contributed by atoms with van der Waals surface area (Å²) in [4.78, 5) is 13.5. The number of nitrogens with zero attached hydrogens (tertiary/aromatic N) is 4. The molecule has 12 rings (SSSR count). The number of aromatic nitrogens is 2. The first-order chi connectivity index (χ1) is 31.6. The van der Waals surface area contributed by atoms with Gasteiger partial charge in [0, 0.05) is 43.7 Å². The zero-order valence-corrected chi connectivity index (χ0v) is 36.1. The number of para-hydroxylation sites is 1. The average molecular weight is 839 g/mol. The first kappa shape index (κ1) is 37.9. The summed E-state index contributed by atoms with van der Waals surface area (Å²) in [7, 11) is 0. The number of pyridine rings is 1. The van der Waals surface area contributed by atoms with E-state index >= 15 is 0 Å². The van der Waals surface area contributed by atoms with Crippen molar-refractivity contribution in [2.75, 3.05) is 4.90 Å². The van der Waals surface area contributed by atoms with Crippen LogP contribution in [0.2, 0.25) is 0 Å². The molecule has 1 aliphatic heterocycles. The van der Waals surface area contributed by atoms with E-state index in [2.05, 4.69) is 234 Å². The summed E-state index contributed by atoms with van der Waals surface area (Å²) in [5, 5.41) is 3.55. The van der Waals surface area contributed by atoms with Gasteiger partial charge in [-0.3, -0.25) is 9.56 Å². The van der Waals surface area contributed by atoms with E-state index < -0.39 is 0 Å². The fourth-order valence-corrected chi connectivity index (χ4v) is 11.1. The molecule has 2 atom stereocenters. The molecular formula is C59H42N4S. The molecule has 2 aliphatic rings. The van der Waals surface area contributed by atoms with Crippen LogP contribution >= 0.6 is 11.3 Å². The van der Waals surface area contributed by atoms with Crippen LogP contribution in [0, 0.1) is 0 Å². The number of thiophene rings is 1. The molecule has 0 radical (unpaired) electrons. The number of anilines is 2. The molecule has 0 spiro atoms. The molecule has 10 aromatic rings. The Labute approximate surface area is 376 Å². The standard InChI is InChI=1S/C59H42N4S/c1-3-15-57-59(60-2)50-34-42(28-31-56(50)64-57)40-20-14-21-45(32-40)62-52-24-12-11-23-47(52)49-33-41(27-30-54(49)62)43-26-29-48-46-22-10-13-25-53(46)63(55(48)36-43)58-37-44(38-16-6-4-7-17-38)35-51(61-58)39-18-8-5-9-19-39/h3-37,47,52H,2H2,1H3/b15-3-. The van der Waals surface area contributed by atoms with Gasteiger partial charge in [-0.1, -0.05) is 146 Å². The number of aliphatic imine (C=N–C) groups is 1. The SMILES string of the molecule is C=Nc1c(/C=C\C)sc2ccc(-c3cccc(N4c5ccc(-c6ccc7c8ccccc8n(-c8cc(-c9ccccc9)cc(-c9ccccc9)n8)c7c6)cc5C5C=CC=CC54)c3)cc12. The Morgan fingerprint density at radius 3 is 2.12 bits per heavy atom. The molecule has 304 valence electrons. The number of hydrogen-bond acceptors (Lipinski definition) is 4. The van der Waals surface area contributed by atoms with Crippen LogP contribution in [0.25, 0.3) is 88.4 Å². The van der Waals surface area contributed by atoms with Crippen LogP contribution < -0.4 is 4.90 Å². The van der Waals surface area contributed by atoms with Gasteiger partial charge in [0.25, 0.3) is 0 Å². The van der Waals surface area contributed by atoms with E-state index in [9.17, 15) is 0 Å². The Hall–Kier alpha value is -7.86. The lowest BCUT2D eigenvalue weighted by atomic mass is 9.89. The molecule has 0 N–H and O–H groups in total. The lowest BCUT2D eigenvalue weighted by Gasteiger charge is -2.29. The summed E-state index contributed by atoms with van der Waals surface area (Å²) < 4.78 is 3.57. The van der Waals surface area contributed by atoms with Gasteiger partial charge in [0.2, 0.25) is 0 Å². The predicted molar refractivity (Wildman–Crippen MR) is 273 cm³/mol. The molecular weight excluding hydrogens is 797 g/mol. The average Bonchev–Trinajstić information content (AvgIpc) is 4.00. The summed E-state index contributed by atoms with van der Waals surface area (Å²) in [6.45, 7) is 5.96. The maximum Gasteiger partial charge on any atom is 0.138 e. The van der Waals surface area contributed by atoms with Crippen LogP contribution in [0.4, 0.5) is 17.1 Å². The molecule has 3 aromatic heterocycles. The van der Waals surface area contributed by atoms with Crippen LogP contribution in [-0.4, -0.2) is 22.3 Å². The molecule has 7 aromatic carbocycles. The molecule has 0 bridgehead atoms. The van der Waals surface area contributed by atoms with Crippen molar-refractivity contribution >= 4 is 73.1 Å². The third kappa shape index (κ3) is 6.27. The highest BCUT2D eigenvalue weighted by Gasteiger charge is 2.37. The Balaban J connectivity index is 0.967. The normalized spacial score (nSPS) is 15.4. The van der Waals surface area contributed by atoms with Gasteiger partial charge >= 0.3 is 0 Å². The van der Waals surface area contributed by atoms with E-state index in [0.29, 0.717) is 0 Å². The highest BCUT2D eigenvalue weighted by atomic mass is 32.1. The van der Waals surface area contributed by atoms with E-state index in [1.165, 1.54) is 54.7 Å². The third-order valence-corrected chi connectivity index (χ3v) is 14.0. The van der Waals surface area contributed by atoms with E-state index in [4.69, 9.17) is 4.98 Å². The zero-order chi connectivity index (χ0) is 42.7. The molecule has 0 saturated heterocycles. The van der Waals surface area contributed by atoms with Gasteiger partial charge in [0.15, 0.2) is 0 Å². The second-order valence-corrected chi connectivity index (χ2v) is 17.7. The van der Waals surface area contributed by atoms with E-state index in [-0.39, 0.29) is 12.0 Å². The number of fused-ring (bicyclic) bond motifs is 7. The van der Waals surface area contributed by atoms with Crippen LogP contribution in [0.1, 0.15) is 23.3 Å². The van der Waals surface area contributed by atoms with Gasteiger partial charge in [0.05, 0.1) is 33.3 Å². The Bertz CT molecular complexity index is 3500. The van der Waals surface area contributed by atoms with E-state index in [1.807, 2.05) is 6.92 Å². The quantitative estimate of drug-likeness (QED) is 0.143. The summed E-state index contributed by atoms with van der Waals surface area (Å²) in [5.41, 5.74) is 16.0. The first-order valence-electron chi connectivity index (χ1n) is 21.8. The van der Waals surface area contributed by atoms with Gasteiger partial charge in [-0.05, 0) is 119 Å². The molecule has 0 amide bonds. The molecule has 4 heterocycles. The number of allylic oxidation sites excluding steroid dienone is 3.